The maximum Gasteiger partial charge on any atom is 0.344 e. The molecule has 2 aromatic rings. The molecular weight excluding hydrogens is 448 g/mol. The molecule has 0 bridgehead atoms. The normalized spacial score (nSPS) is 14.4. The van der Waals surface area contributed by atoms with E-state index in [9.17, 15) is 14.4 Å². The van der Waals surface area contributed by atoms with Crippen molar-refractivity contribution in [2.75, 3.05) is 19.8 Å². The van der Waals surface area contributed by atoms with E-state index in [0.717, 1.165) is 16.0 Å². The fourth-order valence-corrected chi connectivity index (χ4v) is 3.56. The number of hydrogen-bond acceptors (Lipinski definition) is 6. The van der Waals surface area contributed by atoms with Crippen LogP contribution in [0, 0.1) is 6.92 Å². The number of halogens is 1. The van der Waals surface area contributed by atoms with Gasteiger partial charge >= 0.3 is 12.0 Å². The van der Waals surface area contributed by atoms with Crippen LogP contribution in [0.2, 0.25) is 5.02 Å². The predicted octanol–water partition coefficient (Wildman–Crippen LogP) is 4.08. The average molecular weight is 473 g/mol. The van der Waals surface area contributed by atoms with E-state index in [2.05, 4.69) is 5.32 Å². The van der Waals surface area contributed by atoms with Gasteiger partial charge in [0, 0.05) is 0 Å². The fraction of sp³-hybridized carbons (Fsp3) is 0.292. The number of amides is 3. The number of aryl methyl sites for hydroxylation is 1. The molecule has 2 aromatic carbocycles. The van der Waals surface area contributed by atoms with Crippen molar-refractivity contribution in [3.63, 3.8) is 0 Å². The Morgan fingerprint density at radius 3 is 2.61 bits per heavy atom. The number of carbonyl (C=O) groups is 3. The van der Waals surface area contributed by atoms with Gasteiger partial charge in [-0.15, -0.1) is 0 Å². The van der Waals surface area contributed by atoms with E-state index in [4.69, 9.17) is 25.8 Å². The number of benzene rings is 2. The summed E-state index contributed by atoms with van der Waals surface area (Å²) in [6, 6.07) is 10.3. The van der Waals surface area contributed by atoms with Crippen LogP contribution in [0.1, 0.15) is 30.5 Å². The lowest BCUT2D eigenvalue weighted by Gasteiger charge is -2.14. The molecule has 0 radical (unpaired) electrons. The van der Waals surface area contributed by atoms with Crippen LogP contribution >= 0.6 is 11.6 Å². The lowest BCUT2D eigenvalue weighted by atomic mass is 10.1. The summed E-state index contributed by atoms with van der Waals surface area (Å²) >= 11 is 6.36. The number of ether oxygens (including phenoxy) is 3. The van der Waals surface area contributed by atoms with Gasteiger partial charge in [-0.1, -0.05) is 41.4 Å². The van der Waals surface area contributed by atoms with Crippen LogP contribution in [0.25, 0.3) is 6.08 Å². The Bertz CT molecular complexity index is 1100. The van der Waals surface area contributed by atoms with Gasteiger partial charge in [-0.25, -0.2) is 9.59 Å². The number of esters is 1. The van der Waals surface area contributed by atoms with Crippen molar-refractivity contribution in [2.45, 2.75) is 27.3 Å². The lowest BCUT2D eigenvalue weighted by Crippen LogP contribution is -2.30. The number of nitrogens with zero attached hydrogens (tertiary/aromatic N) is 1. The van der Waals surface area contributed by atoms with Crippen molar-refractivity contribution >= 4 is 35.6 Å². The molecule has 0 aliphatic carbocycles. The lowest BCUT2D eigenvalue weighted by molar-refractivity contribution is -0.145. The van der Waals surface area contributed by atoms with Crippen LogP contribution in [0.4, 0.5) is 4.79 Å². The van der Waals surface area contributed by atoms with Crippen LogP contribution in [0.15, 0.2) is 42.1 Å². The molecule has 0 spiro atoms. The van der Waals surface area contributed by atoms with E-state index in [1.165, 1.54) is 6.08 Å². The van der Waals surface area contributed by atoms with Crippen molar-refractivity contribution in [2.24, 2.45) is 0 Å². The van der Waals surface area contributed by atoms with E-state index < -0.39 is 17.9 Å². The maximum atomic E-state index is 12.8. The Balaban J connectivity index is 1.82. The maximum absolute atomic E-state index is 12.8. The molecule has 1 N–H and O–H groups in total. The van der Waals surface area contributed by atoms with Gasteiger partial charge in [0.15, 0.2) is 18.1 Å². The highest BCUT2D eigenvalue weighted by Crippen LogP contribution is 2.37. The summed E-state index contributed by atoms with van der Waals surface area (Å²) in [5.74, 6) is -0.487. The number of urea groups is 1. The number of hydrogen-bond donors (Lipinski definition) is 1. The topological polar surface area (TPSA) is 94.2 Å². The number of rotatable bonds is 9. The molecule has 33 heavy (non-hydrogen) atoms. The first-order valence-electron chi connectivity index (χ1n) is 10.5. The molecule has 174 valence electrons. The van der Waals surface area contributed by atoms with Crippen LogP contribution < -0.4 is 14.8 Å². The summed E-state index contributed by atoms with van der Waals surface area (Å²) in [6.45, 7) is 5.84. The third kappa shape index (κ3) is 6.04. The van der Waals surface area contributed by atoms with E-state index >= 15 is 0 Å². The highest BCUT2D eigenvalue weighted by atomic mass is 35.5. The van der Waals surface area contributed by atoms with Crippen molar-refractivity contribution in [3.05, 3.63) is 63.8 Å². The van der Waals surface area contributed by atoms with Gasteiger partial charge in [-0.2, -0.15) is 0 Å². The van der Waals surface area contributed by atoms with Crippen LogP contribution in [-0.4, -0.2) is 42.6 Å². The summed E-state index contributed by atoms with van der Waals surface area (Å²) in [7, 11) is 0. The van der Waals surface area contributed by atoms with Crippen molar-refractivity contribution in [1.82, 2.24) is 10.2 Å². The average Bonchev–Trinajstić information content (AvgIpc) is 3.01. The Hall–Kier alpha value is -3.52. The van der Waals surface area contributed by atoms with Crippen LogP contribution in [0.5, 0.6) is 11.5 Å². The first kappa shape index (κ1) is 24.1. The van der Waals surface area contributed by atoms with Gasteiger partial charge < -0.3 is 19.5 Å². The molecule has 1 aliphatic heterocycles. The highest BCUT2D eigenvalue weighted by Gasteiger charge is 2.33. The Morgan fingerprint density at radius 2 is 1.91 bits per heavy atom. The van der Waals surface area contributed by atoms with Crippen molar-refractivity contribution in [3.8, 4) is 11.5 Å². The molecule has 1 saturated heterocycles. The predicted molar refractivity (Wildman–Crippen MR) is 123 cm³/mol. The molecule has 0 saturated carbocycles. The van der Waals surface area contributed by atoms with Crippen LogP contribution in [-0.2, 0) is 20.9 Å². The second kappa shape index (κ2) is 10.9. The molecule has 0 aromatic heterocycles. The minimum absolute atomic E-state index is 0.117. The molecule has 3 amide bonds. The second-order valence-electron chi connectivity index (χ2n) is 7.23. The molecule has 1 heterocycles. The highest BCUT2D eigenvalue weighted by molar-refractivity contribution is 6.32. The van der Waals surface area contributed by atoms with E-state index in [0.29, 0.717) is 17.9 Å². The van der Waals surface area contributed by atoms with Gasteiger partial charge in [-0.3, -0.25) is 9.69 Å². The molecule has 9 heteroatoms. The molecule has 3 rings (SSSR count). The minimum Gasteiger partial charge on any atom is -0.490 e. The quantitative estimate of drug-likeness (QED) is 0.336. The van der Waals surface area contributed by atoms with E-state index in [1.54, 1.807) is 26.0 Å². The molecular formula is C24H25ClN2O6. The minimum atomic E-state index is -0.532. The zero-order valence-corrected chi connectivity index (χ0v) is 19.4. The molecule has 0 atom stereocenters. The monoisotopic (exact) mass is 472 g/mol. The third-order valence-corrected chi connectivity index (χ3v) is 4.95. The Morgan fingerprint density at radius 1 is 1.12 bits per heavy atom. The smallest absolute Gasteiger partial charge is 0.344 e. The summed E-state index contributed by atoms with van der Waals surface area (Å²) in [6.07, 6.45) is 1.51. The molecule has 1 fully saturated rings. The number of imide groups is 1. The standard InChI is InChI=1S/C24H25ClN2O6/c1-4-31-20-12-17(10-18(25)22(20)33-14-21(28)32-5-2)11-19-23(29)27(24(30)26-19)13-16-8-6-7-15(3)9-16/h6-12H,4-5,13-14H2,1-3H3,(H,26,30)/b19-11+. The Kier molecular flexibility index (Phi) is 7.95. The number of nitrogens with one attached hydrogen (secondary N) is 1. The van der Waals surface area contributed by atoms with Crippen molar-refractivity contribution in [1.29, 1.82) is 0 Å². The SMILES string of the molecule is CCOC(=O)COc1c(Cl)cc(/C=C2/NC(=O)N(Cc3cccc(C)c3)C2=O)cc1OCC. The zero-order valence-electron chi connectivity index (χ0n) is 18.6. The number of carbonyl (C=O) groups excluding carboxylic acids is 3. The largest absolute Gasteiger partial charge is 0.490 e. The first-order chi connectivity index (χ1) is 15.8. The molecule has 0 unspecified atom stereocenters. The molecule has 8 nitrogen and oxygen atoms in total. The summed E-state index contributed by atoms with van der Waals surface area (Å²) in [5.41, 5.74) is 2.53. The van der Waals surface area contributed by atoms with E-state index in [1.807, 2.05) is 31.2 Å². The van der Waals surface area contributed by atoms with Gasteiger partial charge in [0.1, 0.15) is 5.70 Å². The van der Waals surface area contributed by atoms with Crippen LogP contribution in [0.3, 0.4) is 0 Å². The van der Waals surface area contributed by atoms with Crippen molar-refractivity contribution < 1.29 is 28.6 Å². The fourth-order valence-electron chi connectivity index (χ4n) is 3.28. The first-order valence-corrected chi connectivity index (χ1v) is 10.8. The summed E-state index contributed by atoms with van der Waals surface area (Å²) in [5, 5.41) is 2.78. The summed E-state index contributed by atoms with van der Waals surface area (Å²) in [4.78, 5) is 38.0. The van der Waals surface area contributed by atoms with Gasteiger partial charge in [0.05, 0.1) is 24.8 Å². The Labute approximate surface area is 197 Å². The zero-order chi connectivity index (χ0) is 24.0. The second-order valence-corrected chi connectivity index (χ2v) is 7.63. The van der Waals surface area contributed by atoms with Gasteiger partial charge in [-0.05, 0) is 50.1 Å². The third-order valence-electron chi connectivity index (χ3n) is 4.67. The van der Waals surface area contributed by atoms with E-state index in [-0.39, 0.29) is 36.2 Å². The molecule has 1 aliphatic rings. The summed E-state index contributed by atoms with van der Waals surface area (Å²) < 4.78 is 16.0. The van der Waals surface area contributed by atoms with Gasteiger partial charge in [0.25, 0.3) is 5.91 Å². The van der Waals surface area contributed by atoms with Gasteiger partial charge in [0.2, 0.25) is 0 Å².